The van der Waals surface area contributed by atoms with Crippen molar-refractivity contribution in [3.63, 3.8) is 0 Å². The van der Waals surface area contributed by atoms with E-state index in [0.29, 0.717) is 23.2 Å². The SMILES string of the molecule is CC(Nc1nc(NC2CCC(O)CC2)ncc1C(N)=O)C1CCC1. The molecule has 7 heteroatoms. The van der Waals surface area contributed by atoms with Gasteiger partial charge in [0.15, 0.2) is 0 Å². The van der Waals surface area contributed by atoms with Gasteiger partial charge < -0.3 is 21.5 Å². The summed E-state index contributed by atoms with van der Waals surface area (Å²) in [5.74, 6) is 1.11. The smallest absolute Gasteiger partial charge is 0.254 e. The minimum Gasteiger partial charge on any atom is -0.393 e. The molecule has 0 radical (unpaired) electrons. The number of nitrogens with one attached hydrogen (secondary N) is 2. The molecule has 3 rings (SSSR count). The largest absolute Gasteiger partial charge is 0.393 e. The number of aliphatic hydroxyl groups excluding tert-OH is 1. The average molecular weight is 333 g/mol. The van der Waals surface area contributed by atoms with Crippen LogP contribution in [0.15, 0.2) is 6.20 Å². The standard InChI is InChI=1S/C17H27N5O2/c1-10(11-3-2-4-11)20-16-14(15(18)24)9-19-17(22-16)21-12-5-7-13(23)8-6-12/h9-13,23H,2-8H2,1H3,(H2,18,24)(H2,19,20,21,22). The Hall–Kier alpha value is -1.89. The predicted molar refractivity (Wildman–Crippen MR) is 92.9 cm³/mol. The van der Waals surface area contributed by atoms with Crippen LogP contribution in [0.3, 0.4) is 0 Å². The number of carbonyl (C=O) groups excluding carboxylic acids is 1. The zero-order valence-corrected chi connectivity index (χ0v) is 14.2. The molecule has 0 spiro atoms. The minimum atomic E-state index is -0.523. The molecule has 1 amide bonds. The Morgan fingerprint density at radius 2 is 2.00 bits per heavy atom. The summed E-state index contributed by atoms with van der Waals surface area (Å²) in [7, 11) is 0. The molecule has 24 heavy (non-hydrogen) atoms. The highest BCUT2D eigenvalue weighted by molar-refractivity contribution is 5.97. The van der Waals surface area contributed by atoms with Crippen molar-refractivity contribution >= 4 is 17.7 Å². The van der Waals surface area contributed by atoms with Crippen LogP contribution in [0.25, 0.3) is 0 Å². The van der Waals surface area contributed by atoms with Gasteiger partial charge in [-0.3, -0.25) is 4.79 Å². The third-order valence-electron chi connectivity index (χ3n) is 5.31. The van der Waals surface area contributed by atoms with Crippen LogP contribution in [0.2, 0.25) is 0 Å². The van der Waals surface area contributed by atoms with Crippen molar-refractivity contribution in [2.75, 3.05) is 10.6 Å². The lowest BCUT2D eigenvalue weighted by Crippen LogP contribution is -2.33. The molecule has 5 N–H and O–H groups in total. The van der Waals surface area contributed by atoms with Gasteiger partial charge in [0, 0.05) is 18.3 Å². The first-order valence-corrected chi connectivity index (χ1v) is 8.91. The number of nitrogens with two attached hydrogens (primary N) is 1. The Labute approximate surface area is 142 Å². The second kappa shape index (κ2) is 7.34. The van der Waals surface area contributed by atoms with E-state index in [4.69, 9.17) is 5.73 Å². The Balaban J connectivity index is 1.71. The summed E-state index contributed by atoms with van der Waals surface area (Å²) in [6.07, 6.45) is 8.35. The first-order valence-electron chi connectivity index (χ1n) is 8.91. The van der Waals surface area contributed by atoms with E-state index in [1.807, 2.05) is 0 Å². The highest BCUT2D eigenvalue weighted by atomic mass is 16.3. The van der Waals surface area contributed by atoms with Crippen LogP contribution in [-0.4, -0.2) is 39.2 Å². The molecule has 0 aliphatic heterocycles. The zero-order valence-electron chi connectivity index (χ0n) is 14.2. The van der Waals surface area contributed by atoms with Crippen LogP contribution < -0.4 is 16.4 Å². The van der Waals surface area contributed by atoms with Crippen molar-refractivity contribution in [2.24, 2.45) is 11.7 Å². The molecular formula is C17H27N5O2. The molecule has 7 nitrogen and oxygen atoms in total. The molecule has 132 valence electrons. The molecule has 1 unspecified atom stereocenters. The van der Waals surface area contributed by atoms with Gasteiger partial charge in [-0.05, 0) is 51.4 Å². The number of hydrogen-bond donors (Lipinski definition) is 4. The van der Waals surface area contributed by atoms with E-state index in [9.17, 15) is 9.90 Å². The number of rotatable bonds is 6. The van der Waals surface area contributed by atoms with E-state index in [1.54, 1.807) is 0 Å². The van der Waals surface area contributed by atoms with E-state index in [1.165, 1.54) is 25.5 Å². The second-order valence-electron chi connectivity index (χ2n) is 7.09. The normalized spacial score (nSPS) is 25.6. The quantitative estimate of drug-likeness (QED) is 0.632. The number of amides is 1. The maximum atomic E-state index is 11.6. The van der Waals surface area contributed by atoms with Crippen LogP contribution >= 0.6 is 0 Å². The third-order valence-corrected chi connectivity index (χ3v) is 5.31. The van der Waals surface area contributed by atoms with Gasteiger partial charge >= 0.3 is 0 Å². The molecule has 2 saturated carbocycles. The highest BCUT2D eigenvalue weighted by Gasteiger charge is 2.26. The lowest BCUT2D eigenvalue weighted by atomic mass is 9.80. The first-order chi connectivity index (χ1) is 11.5. The number of aromatic nitrogens is 2. The molecular weight excluding hydrogens is 306 g/mol. The Morgan fingerprint density at radius 3 is 2.58 bits per heavy atom. The summed E-state index contributed by atoms with van der Waals surface area (Å²) in [5.41, 5.74) is 5.78. The molecule has 2 aliphatic carbocycles. The minimum absolute atomic E-state index is 0.193. The van der Waals surface area contributed by atoms with Gasteiger partial charge in [0.05, 0.1) is 11.7 Å². The summed E-state index contributed by atoms with van der Waals surface area (Å²) in [5, 5.41) is 16.3. The maximum Gasteiger partial charge on any atom is 0.254 e. The number of carbonyl (C=O) groups is 1. The van der Waals surface area contributed by atoms with Crippen molar-refractivity contribution in [1.82, 2.24) is 9.97 Å². The Kier molecular flexibility index (Phi) is 5.18. The fourth-order valence-corrected chi connectivity index (χ4v) is 3.42. The van der Waals surface area contributed by atoms with Crippen LogP contribution in [-0.2, 0) is 0 Å². The Bertz CT molecular complexity index is 582. The van der Waals surface area contributed by atoms with Crippen LogP contribution in [0, 0.1) is 5.92 Å². The van der Waals surface area contributed by atoms with Crippen molar-refractivity contribution in [3.05, 3.63) is 11.8 Å². The maximum absolute atomic E-state index is 11.6. The van der Waals surface area contributed by atoms with Crippen LogP contribution in [0.5, 0.6) is 0 Å². The number of anilines is 2. The summed E-state index contributed by atoms with van der Waals surface area (Å²) in [6, 6.07) is 0.508. The van der Waals surface area contributed by atoms with Gasteiger partial charge in [0.1, 0.15) is 5.82 Å². The molecule has 2 fully saturated rings. The van der Waals surface area contributed by atoms with E-state index < -0.39 is 5.91 Å². The van der Waals surface area contributed by atoms with E-state index in [2.05, 4.69) is 27.5 Å². The molecule has 0 aromatic carbocycles. The van der Waals surface area contributed by atoms with Crippen molar-refractivity contribution in [2.45, 2.75) is 70.1 Å². The predicted octanol–water partition coefficient (Wildman–Crippen LogP) is 1.89. The van der Waals surface area contributed by atoms with Gasteiger partial charge in [-0.2, -0.15) is 4.98 Å². The molecule has 0 saturated heterocycles. The van der Waals surface area contributed by atoms with Crippen LogP contribution in [0.4, 0.5) is 11.8 Å². The summed E-state index contributed by atoms with van der Waals surface area (Å²) < 4.78 is 0. The average Bonchev–Trinajstić information content (AvgIpc) is 2.47. The van der Waals surface area contributed by atoms with Crippen molar-refractivity contribution in [3.8, 4) is 0 Å². The van der Waals surface area contributed by atoms with E-state index >= 15 is 0 Å². The van der Waals surface area contributed by atoms with Gasteiger partial charge in [-0.15, -0.1) is 0 Å². The highest BCUT2D eigenvalue weighted by Crippen LogP contribution is 2.31. The number of aliphatic hydroxyl groups is 1. The monoisotopic (exact) mass is 333 g/mol. The summed E-state index contributed by atoms with van der Waals surface area (Å²) in [6.45, 7) is 2.12. The van der Waals surface area contributed by atoms with Crippen molar-refractivity contribution < 1.29 is 9.90 Å². The topological polar surface area (TPSA) is 113 Å². The first kappa shape index (κ1) is 17.0. The second-order valence-corrected chi connectivity index (χ2v) is 7.09. The molecule has 1 atom stereocenters. The van der Waals surface area contributed by atoms with E-state index in [0.717, 1.165) is 25.7 Å². The lowest BCUT2D eigenvalue weighted by Gasteiger charge is -2.32. The molecule has 0 bridgehead atoms. The molecule has 1 aromatic rings. The number of hydrogen-bond acceptors (Lipinski definition) is 6. The fourth-order valence-electron chi connectivity index (χ4n) is 3.42. The van der Waals surface area contributed by atoms with Crippen molar-refractivity contribution in [1.29, 1.82) is 0 Å². The Morgan fingerprint density at radius 1 is 1.29 bits per heavy atom. The zero-order chi connectivity index (χ0) is 17.1. The van der Waals surface area contributed by atoms with E-state index in [-0.39, 0.29) is 18.2 Å². The fraction of sp³-hybridized carbons (Fsp3) is 0.706. The van der Waals surface area contributed by atoms with Gasteiger partial charge in [-0.1, -0.05) is 6.42 Å². The lowest BCUT2D eigenvalue weighted by molar-refractivity contribution is 0.1000. The number of primary amides is 1. The number of nitrogens with zero attached hydrogens (tertiary/aromatic N) is 2. The van der Waals surface area contributed by atoms with Gasteiger partial charge in [-0.25, -0.2) is 4.98 Å². The van der Waals surface area contributed by atoms with Crippen LogP contribution in [0.1, 0.15) is 62.2 Å². The third kappa shape index (κ3) is 3.95. The summed E-state index contributed by atoms with van der Waals surface area (Å²) >= 11 is 0. The molecule has 1 aromatic heterocycles. The van der Waals surface area contributed by atoms with Gasteiger partial charge in [0.25, 0.3) is 5.91 Å². The molecule has 2 aliphatic rings. The molecule has 1 heterocycles. The summed E-state index contributed by atoms with van der Waals surface area (Å²) in [4.78, 5) is 20.4. The van der Waals surface area contributed by atoms with Gasteiger partial charge in [0.2, 0.25) is 5.95 Å².